The second kappa shape index (κ2) is 7.43. The Labute approximate surface area is 131 Å². The monoisotopic (exact) mass is 293 g/mol. The van der Waals surface area contributed by atoms with Crippen LogP contribution in [0.1, 0.15) is 58.3 Å². The molecule has 21 heavy (non-hydrogen) atoms. The van der Waals surface area contributed by atoms with Gasteiger partial charge in [-0.15, -0.1) is 0 Å². The molecule has 3 heterocycles. The van der Waals surface area contributed by atoms with Crippen molar-refractivity contribution in [3.05, 3.63) is 0 Å². The number of rotatable bonds is 4. The molecule has 1 atom stereocenters. The summed E-state index contributed by atoms with van der Waals surface area (Å²) in [5, 5.41) is 3.64. The van der Waals surface area contributed by atoms with Gasteiger partial charge in [0.15, 0.2) is 0 Å². The van der Waals surface area contributed by atoms with Crippen LogP contribution in [0.15, 0.2) is 0 Å². The Morgan fingerprint density at radius 1 is 1.00 bits per heavy atom. The van der Waals surface area contributed by atoms with Gasteiger partial charge in [-0.2, -0.15) is 0 Å². The summed E-state index contributed by atoms with van der Waals surface area (Å²) < 4.78 is 0. The van der Waals surface area contributed by atoms with Crippen molar-refractivity contribution in [2.24, 2.45) is 5.41 Å². The van der Waals surface area contributed by atoms with Gasteiger partial charge in [0.25, 0.3) is 0 Å². The Kier molecular flexibility index (Phi) is 5.58. The van der Waals surface area contributed by atoms with Crippen molar-refractivity contribution in [2.45, 2.75) is 64.3 Å². The standard InChI is InChI=1S/C18H35N3/c1-2-18(9-6-10-19-15-18)16-20-13-7-17(8-14-20)21-11-4-3-5-12-21/h17,19H,2-16H2,1H3. The van der Waals surface area contributed by atoms with E-state index in [1.54, 1.807) is 0 Å². The minimum Gasteiger partial charge on any atom is -0.316 e. The molecule has 3 rings (SSSR count). The van der Waals surface area contributed by atoms with Gasteiger partial charge in [0.05, 0.1) is 0 Å². The third-order valence-corrected chi connectivity index (χ3v) is 6.33. The van der Waals surface area contributed by atoms with Crippen molar-refractivity contribution < 1.29 is 0 Å². The van der Waals surface area contributed by atoms with E-state index in [0.717, 1.165) is 6.04 Å². The van der Waals surface area contributed by atoms with Crippen molar-refractivity contribution in [3.8, 4) is 0 Å². The number of hydrogen-bond acceptors (Lipinski definition) is 3. The topological polar surface area (TPSA) is 18.5 Å². The van der Waals surface area contributed by atoms with E-state index in [0.29, 0.717) is 5.41 Å². The highest BCUT2D eigenvalue weighted by Gasteiger charge is 2.34. The maximum absolute atomic E-state index is 3.64. The van der Waals surface area contributed by atoms with E-state index in [1.165, 1.54) is 97.2 Å². The molecule has 0 aromatic rings. The molecule has 3 aliphatic rings. The second-order valence-electron chi connectivity index (χ2n) is 7.74. The fourth-order valence-electron chi connectivity index (χ4n) is 4.78. The van der Waals surface area contributed by atoms with Gasteiger partial charge in [-0.05, 0) is 83.1 Å². The number of piperidine rings is 3. The minimum absolute atomic E-state index is 0.566. The van der Waals surface area contributed by atoms with Crippen LogP contribution in [0.2, 0.25) is 0 Å². The van der Waals surface area contributed by atoms with Crippen LogP contribution in [0.4, 0.5) is 0 Å². The van der Waals surface area contributed by atoms with Gasteiger partial charge in [-0.3, -0.25) is 0 Å². The molecule has 3 saturated heterocycles. The molecule has 3 heteroatoms. The highest BCUT2D eigenvalue weighted by atomic mass is 15.2. The summed E-state index contributed by atoms with van der Waals surface area (Å²) in [6, 6.07) is 0.892. The van der Waals surface area contributed by atoms with Gasteiger partial charge in [-0.1, -0.05) is 13.3 Å². The number of likely N-dealkylation sites (tertiary alicyclic amines) is 2. The molecule has 0 amide bonds. The first-order chi connectivity index (χ1) is 10.3. The summed E-state index contributed by atoms with van der Waals surface area (Å²) in [5.41, 5.74) is 0.566. The van der Waals surface area contributed by atoms with Crippen LogP contribution in [0, 0.1) is 5.41 Å². The number of hydrogen-bond donors (Lipinski definition) is 1. The fraction of sp³-hybridized carbons (Fsp3) is 1.00. The van der Waals surface area contributed by atoms with Crippen LogP contribution in [-0.4, -0.2) is 61.7 Å². The van der Waals surface area contributed by atoms with Crippen LogP contribution in [0.3, 0.4) is 0 Å². The van der Waals surface area contributed by atoms with Crippen molar-refractivity contribution in [2.75, 3.05) is 45.8 Å². The molecule has 1 unspecified atom stereocenters. The third-order valence-electron chi connectivity index (χ3n) is 6.33. The molecular formula is C18H35N3. The zero-order valence-corrected chi connectivity index (χ0v) is 14.1. The van der Waals surface area contributed by atoms with Crippen LogP contribution < -0.4 is 5.32 Å². The summed E-state index contributed by atoms with van der Waals surface area (Å²) in [6.07, 6.45) is 11.3. The van der Waals surface area contributed by atoms with E-state index in [9.17, 15) is 0 Å². The molecule has 0 bridgehead atoms. The Hall–Kier alpha value is -0.120. The quantitative estimate of drug-likeness (QED) is 0.860. The molecular weight excluding hydrogens is 258 g/mol. The summed E-state index contributed by atoms with van der Waals surface area (Å²) in [6.45, 7) is 11.6. The van der Waals surface area contributed by atoms with Gasteiger partial charge >= 0.3 is 0 Å². The first kappa shape index (κ1) is 15.8. The average molecular weight is 293 g/mol. The van der Waals surface area contributed by atoms with E-state index >= 15 is 0 Å². The lowest BCUT2D eigenvalue weighted by Gasteiger charge is -2.45. The lowest BCUT2D eigenvalue weighted by Crippen LogP contribution is -2.52. The minimum atomic E-state index is 0.566. The zero-order valence-electron chi connectivity index (χ0n) is 14.1. The van der Waals surface area contributed by atoms with Crippen LogP contribution >= 0.6 is 0 Å². The lowest BCUT2D eigenvalue weighted by atomic mass is 9.77. The molecule has 3 nitrogen and oxygen atoms in total. The van der Waals surface area contributed by atoms with Gasteiger partial charge in [0.2, 0.25) is 0 Å². The summed E-state index contributed by atoms with van der Waals surface area (Å²) in [5.74, 6) is 0. The van der Waals surface area contributed by atoms with Crippen LogP contribution in [0.5, 0.6) is 0 Å². The van der Waals surface area contributed by atoms with Gasteiger partial charge < -0.3 is 15.1 Å². The van der Waals surface area contributed by atoms with Crippen molar-refractivity contribution in [3.63, 3.8) is 0 Å². The van der Waals surface area contributed by atoms with Crippen molar-refractivity contribution in [1.82, 2.24) is 15.1 Å². The first-order valence-electron chi connectivity index (χ1n) is 9.48. The molecule has 122 valence electrons. The van der Waals surface area contributed by atoms with Crippen LogP contribution in [-0.2, 0) is 0 Å². The maximum Gasteiger partial charge on any atom is 0.0120 e. The molecule has 0 aromatic heterocycles. The zero-order chi connectivity index (χ0) is 14.5. The molecule has 3 fully saturated rings. The van der Waals surface area contributed by atoms with E-state index in [4.69, 9.17) is 0 Å². The third kappa shape index (κ3) is 4.00. The highest BCUT2D eigenvalue weighted by Crippen LogP contribution is 2.32. The van der Waals surface area contributed by atoms with E-state index in [1.807, 2.05) is 0 Å². The second-order valence-corrected chi connectivity index (χ2v) is 7.74. The summed E-state index contributed by atoms with van der Waals surface area (Å²) in [7, 11) is 0. The SMILES string of the molecule is CCC1(CN2CCC(N3CCCCC3)CC2)CCCNC1. The molecule has 1 N–H and O–H groups in total. The van der Waals surface area contributed by atoms with Gasteiger partial charge in [0.1, 0.15) is 0 Å². The molecule has 0 radical (unpaired) electrons. The first-order valence-corrected chi connectivity index (χ1v) is 9.48. The molecule has 0 spiro atoms. The average Bonchev–Trinajstić information content (AvgIpc) is 2.57. The highest BCUT2D eigenvalue weighted by molar-refractivity contribution is 4.90. The Morgan fingerprint density at radius 3 is 2.38 bits per heavy atom. The van der Waals surface area contributed by atoms with Crippen LogP contribution in [0.25, 0.3) is 0 Å². The van der Waals surface area contributed by atoms with E-state index in [-0.39, 0.29) is 0 Å². The van der Waals surface area contributed by atoms with Gasteiger partial charge in [-0.25, -0.2) is 0 Å². The number of nitrogens with one attached hydrogen (secondary N) is 1. The van der Waals surface area contributed by atoms with Crippen molar-refractivity contribution in [1.29, 1.82) is 0 Å². The van der Waals surface area contributed by atoms with Crippen molar-refractivity contribution >= 4 is 0 Å². The maximum atomic E-state index is 3.64. The Bertz CT molecular complexity index is 298. The largest absolute Gasteiger partial charge is 0.316 e. The summed E-state index contributed by atoms with van der Waals surface area (Å²) >= 11 is 0. The van der Waals surface area contributed by atoms with E-state index < -0.39 is 0 Å². The molecule has 0 aromatic carbocycles. The number of nitrogens with zero attached hydrogens (tertiary/aromatic N) is 2. The van der Waals surface area contributed by atoms with E-state index in [2.05, 4.69) is 22.0 Å². The van der Waals surface area contributed by atoms with Gasteiger partial charge in [0, 0.05) is 19.1 Å². The Morgan fingerprint density at radius 2 is 1.76 bits per heavy atom. The molecule has 0 saturated carbocycles. The smallest absolute Gasteiger partial charge is 0.0120 e. The predicted molar refractivity (Wildman–Crippen MR) is 89.7 cm³/mol. The molecule has 3 aliphatic heterocycles. The summed E-state index contributed by atoms with van der Waals surface area (Å²) in [4.78, 5) is 5.57. The Balaban J connectivity index is 1.46. The lowest BCUT2D eigenvalue weighted by molar-refractivity contribution is 0.0555. The predicted octanol–water partition coefficient (Wildman–Crippen LogP) is 2.72. The fourth-order valence-corrected chi connectivity index (χ4v) is 4.78. The molecule has 0 aliphatic carbocycles. The normalized spacial score (nSPS) is 34.1.